The van der Waals surface area contributed by atoms with Gasteiger partial charge in [-0.2, -0.15) is 0 Å². The highest BCUT2D eigenvalue weighted by atomic mass is 16.2. The summed E-state index contributed by atoms with van der Waals surface area (Å²) in [5, 5.41) is 0. The zero-order valence-corrected chi connectivity index (χ0v) is 15.0. The fraction of sp³-hybridized carbons (Fsp3) is 0.526. The van der Waals surface area contributed by atoms with Crippen molar-refractivity contribution in [3.63, 3.8) is 0 Å². The van der Waals surface area contributed by atoms with Crippen LogP contribution in [0.5, 0.6) is 0 Å². The Morgan fingerprint density at radius 3 is 2.56 bits per heavy atom. The molecule has 0 aromatic carbocycles. The molecule has 6 heteroatoms. The average Bonchev–Trinajstić information content (AvgIpc) is 3.22. The first kappa shape index (κ1) is 16.1. The minimum absolute atomic E-state index is 0.102. The maximum atomic E-state index is 12.8. The summed E-state index contributed by atoms with van der Waals surface area (Å²) in [6, 6.07) is 3.80. The van der Waals surface area contributed by atoms with Crippen LogP contribution in [0.4, 0.5) is 5.95 Å². The fourth-order valence-electron chi connectivity index (χ4n) is 3.88. The number of aryl methyl sites for hydroxylation is 2. The standard InChI is InChI=1S/C19H25N5O/c1-14-15-7-12-23(18(25)17-6-5-9-22(17)2)13-8-16(15)21-19(20-14)24-10-3-4-11-24/h5-6,9H,3-4,7-8,10-13H2,1-2H3. The summed E-state index contributed by atoms with van der Waals surface area (Å²) in [6.07, 6.45) is 5.99. The number of carbonyl (C=O) groups excluding carboxylic acids is 1. The molecule has 1 fully saturated rings. The molecule has 2 aliphatic heterocycles. The van der Waals surface area contributed by atoms with Crippen LogP contribution in [-0.2, 0) is 19.9 Å². The molecule has 0 bridgehead atoms. The van der Waals surface area contributed by atoms with Gasteiger partial charge in [-0.1, -0.05) is 0 Å². The van der Waals surface area contributed by atoms with E-state index in [2.05, 4.69) is 11.8 Å². The van der Waals surface area contributed by atoms with Crippen LogP contribution in [0.15, 0.2) is 18.3 Å². The molecule has 1 saturated heterocycles. The predicted octanol–water partition coefficient (Wildman–Crippen LogP) is 1.96. The summed E-state index contributed by atoms with van der Waals surface area (Å²) in [5.41, 5.74) is 4.16. The Morgan fingerprint density at radius 1 is 1.08 bits per heavy atom. The molecule has 0 saturated carbocycles. The van der Waals surface area contributed by atoms with Crippen LogP contribution in [0, 0.1) is 6.92 Å². The van der Waals surface area contributed by atoms with E-state index in [0.29, 0.717) is 6.54 Å². The quantitative estimate of drug-likeness (QED) is 0.839. The Hall–Kier alpha value is -2.37. The van der Waals surface area contributed by atoms with Gasteiger partial charge in [0.1, 0.15) is 5.69 Å². The topological polar surface area (TPSA) is 54.3 Å². The predicted molar refractivity (Wildman–Crippen MR) is 96.9 cm³/mol. The second-order valence-electron chi connectivity index (χ2n) is 7.02. The van der Waals surface area contributed by atoms with Gasteiger partial charge in [0.05, 0.1) is 5.69 Å². The average molecular weight is 339 g/mol. The van der Waals surface area contributed by atoms with Crippen molar-refractivity contribution in [2.24, 2.45) is 7.05 Å². The number of nitrogens with zero attached hydrogens (tertiary/aromatic N) is 5. The van der Waals surface area contributed by atoms with Gasteiger partial charge in [0, 0.05) is 51.5 Å². The molecule has 4 heterocycles. The van der Waals surface area contributed by atoms with E-state index in [-0.39, 0.29) is 5.91 Å². The van der Waals surface area contributed by atoms with Crippen LogP contribution in [0.1, 0.15) is 40.3 Å². The summed E-state index contributed by atoms with van der Waals surface area (Å²) in [5.74, 6) is 0.974. The molecule has 6 nitrogen and oxygen atoms in total. The maximum absolute atomic E-state index is 12.8. The normalized spacial score (nSPS) is 17.5. The van der Waals surface area contributed by atoms with Gasteiger partial charge in [-0.25, -0.2) is 9.97 Å². The molecule has 0 N–H and O–H groups in total. The van der Waals surface area contributed by atoms with Crippen molar-refractivity contribution in [3.05, 3.63) is 41.0 Å². The van der Waals surface area contributed by atoms with Crippen LogP contribution in [0.2, 0.25) is 0 Å². The number of carbonyl (C=O) groups is 1. The molecular weight excluding hydrogens is 314 g/mol. The Balaban J connectivity index is 1.56. The van der Waals surface area contributed by atoms with Gasteiger partial charge in [0.25, 0.3) is 5.91 Å². The van der Waals surface area contributed by atoms with Crippen molar-refractivity contribution < 1.29 is 4.79 Å². The first-order valence-electron chi connectivity index (χ1n) is 9.15. The molecule has 132 valence electrons. The van der Waals surface area contributed by atoms with E-state index in [1.54, 1.807) is 0 Å². The largest absolute Gasteiger partial charge is 0.347 e. The van der Waals surface area contributed by atoms with Crippen LogP contribution in [0.25, 0.3) is 0 Å². The second-order valence-corrected chi connectivity index (χ2v) is 7.02. The third kappa shape index (κ3) is 3.01. The summed E-state index contributed by atoms with van der Waals surface area (Å²) in [6.45, 7) is 5.62. The Morgan fingerprint density at radius 2 is 1.84 bits per heavy atom. The van der Waals surface area contributed by atoms with Crippen LogP contribution in [-0.4, -0.2) is 51.5 Å². The monoisotopic (exact) mass is 339 g/mol. The van der Waals surface area contributed by atoms with E-state index in [1.165, 1.54) is 18.4 Å². The number of aromatic nitrogens is 3. The van der Waals surface area contributed by atoms with E-state index in [9.17, 15) is 4.79 Å². The number of fused-ring (bicyclic) bond motifs is 1. The Bertz CT molecular complexity index is 791. The van der Waals surface area contributed by atoms with E-state index in [1.807, 2.05) is 34.8 Å². The van der Waals surface area contributed by atoms with E-state index < -0.39 is 0 Å². The number of hydrogen-bond donors (Lipinski definition) is 0. The minimum atomic E-state index is 0.102. The Kier molecular flexibility index (Phi) is 4.19. The molecule has 0 atom stereocenters. The number of hydrogen-bond acceptors (Lipinski definition) is 4. The van der Waals surface area contributed by atoms with Crippen molar-refractivity contribution in [1.29, 1.82) is 0 Å². The lowest BCUT2D eigenvalue weighted by Gasteiger charge is -2.20. The molecule has 25 heavy (non-hydrogen) atoms. The summed E-state index contributed by atoms with van der Waals surface area (Å²) in [7, 11) is 1.91. The van der Waals surface area contributed by atoms with Gasteiger partial charge >= 0.3 is 0 Å². The zero-order valence-electron chi connectivity index (χ0n) is 15.0. The lowest BCUT2D eigenvalue weighted by molar-refractivity contribution is 0.0753. The van der Waals surface area contributed by atoms with Crippen molar-refractivity contribution in [1.82, 2.24) is 19.4 Å². The lowest BCUT2D eigenvalue weighted by Crippen LogP contribution is -2.34. The first-order chi connectivity index (χ1) is 12.1. The van der Waals surface area contributed by atoms with Crippen LogP contribution < -0.4 is 4.90 Å². The van der Waals surface area contributed by atoms with E-state index >= 15 is 0 Å². The minimum Gasteiger partial charge on any atom is -0.347 e. The molecule has 2 aliphatic rings. The van der Waals surface area contributed by atoms with Gasteiger partial charge in [-0.05, 0) is 43.9 Å². The second kappa shape index (κ2) is 6.50. The fourth-order valence-corrected chi connectivity index (χ4v) is 3.88. The van der Waals surface area contributed by atoms with E-state index in [0.717, 1.165) is 55.5 Å². The molecule has 0 spiro atoms. The maximum Gasteiger partial charge on any atom is 0.270 e. The number of rotatable bonds is 2. The van der Waals surface area contributed by atoms with Gasteiger partial charge in [-0.15, -0.1) is 0 Å². The summed E-state index contributed by atoms with van der Waals surface area (Å²) >= 11 is 0. The first-order valence-corrected chi connectivity index (χ1v) is 9.15. The van der Waals surface area contributed by atoms with Crippen molar-refractivity contribution >= 4 is 11.9 Å². The third-order valence-electron chi connectivity index (χ3n) is 5.38. The van der Waals surface area contributed by atoms with Crippen molar-refractivity contribution in [2.75, 3.05) is 31.1 Å². The van der Waals surface area contributed by atoms with Gasteiger partial charge in [0.2, 0.25) is 5.95 Å². The molecule has 0 unspecified atom stereocenters. The van der Waals surface area contributed by atoms with Crippen LogP contribution in [0.3, 0.4) is 0 Å². The summed E-state index contributed by atoms with van der Waals surface area (Å²) in [4.78, 5) is 26.7. The molecule has 1 amide bonds. The third-order valence-corrected chi connectivity index (χ3v) is 5.38. The molecule has 2 aromatic heterocycles. The highest BCUT2D eigenvalue weighted by Gasteiger charge is 2.25. The SMILES string of the molecule is Cc1nc(N2CCCC2)nc2c1CCN(C(=O)c1cccn1C)CC2. The van der Waals surface area contributed by atoms with Gasteiger partial charge in [0.15, 0.2) is 0 Å². The van der Waals surface area contributed by atoms with Crippen molar-refractivity contribution in [3.8, 4) is 0 Å². The lowest BCUT2D eigenvalue weighted by atomic mass is 10.1. The molecule has 4 rings (SSSR count). The number of amides is 1. The molecule has 2 aromatic rings. The van der Waals surface area contributed by atoms with Gasteiger partial charge < -0.3 is 14.4 Å². The zero-order chi connectivity index (χ0) is 17.4. The summed E-state index contributed by atoms with van der Waals surface area (Å²) < 4.78 is 1.89. The molecular formula is C19H25N5O. The smallest absolute Gasteiger partial charge is 0.270 e. The molecule has 0 radical (unpaired) electrons. The van der Waals surface area contributed by atoms with E-state index in [4.69, 9.17) is 9.97 Å². The van der Waals surface area contributed by atoms with Gasteiger partial charge in [-0.3, -0.25) is 4.79 Å². The van der Waals surface area contributed by atoms with Crippen molar-refractivity contribution in [2.45, 2.75) is 32.6 Å². The Labute approximate surface area is 148 Å². The molecule has 0 aliphatic carbocycles. The highest BCUT2D eigenvalue weighted by molar-refractivity contribution is 5.92. The van der Waals surface area contributed by atoms with Crippen LogP contribution >= 0.6 is 0 Å². The highest BCUT2D eigenvalue weighted by Crippen LogP contribution is 2.23. The number of anilines is 1.